The van der Waals surface area contributed by atoms with E-state index in [9.17, 15) is 0 Å². The third kappa shape index (κ3) is 2.87. The second-order valence-corrected chi connectivity index (χ2v) is 8.15. The lowest BCUT2D eigenvalue weighted by atomic mass is 9.95. The van der Waals surface area contributed by atoms with Gasteiger partial charge in [0.2, 0.25) is 0 Å². The predicted molar refractivity (Wildman–Crippen MR) is 92.8 cm³/mol. The van der Waals surface area contributed by atoms with E-state index in [0.29, 0.717) is 22.8 Å². The van der Waals surface area contributed by atoms with E-state index in [-0.39, 0.29) is 0 Å². The van der Waals surface area contributed by atoms with Crippen LogP contribution >= 0.6 is 15.9 Å². The molecule has 0 spiro atoms. The van der Waals surface area contributed by atoms with E-state index in [0.717, 1.165) is 23.2 Å². The standard InChI is InChI=1S/C18H28BrNO/c1-7-10-20-15(16-17(2,3)18(16,4)5)13-11-12(19)8-9-14(13)21-6/h8-9,11,15-16,20H,7,10H2,1-6H3. The quantitative estimate of drug-likeness (QED) is 0.760. The molecule has 2 nitrogen and oxygen atoms in total. The third-order valence-electron chi connectivity index (χ3n) is 5.61. The van der Waals surface area contributed by atoms with Gasteiger partial charge in [-0.25, -0.2) is 0 Å². The second-order valence-electron chi connectivity index (χ2n) is 7.24. The van der Waals surface area contributed by atoms with Gasteiger partial charge in [-0.15, -0.1) is 0 Å². The highest BCUT2D eigenvalue weighted by atomic mass is 79.9. The molecule has 0 heterocycles. The molecule has 1 aliphatic carbocycles. The smallest absolute Gasteiger partial charge is 0.123 e. The van der Waals surface area contributed by atoms with Crippen LogP contribution in [0.1, 0.15) is 52.6 Å². The molecule has 1 aliphatic rings. The van der Waals surface area contributed by atoms with Gasteiger partial charge in [0, 0.05) is 16.1 Å². The molecule has 118 valence electrons. The van der Waals surface area contributed by atoms with E-state index >= 15 is 0 Å². The molecular weight excluding hydrogens is 326 g/mol. The molecule has 0 aliphatic heterocycles. The molecule has 1 atom stereocenters. The van der Waals surface area contributed by atoms with Crippen molar-refractivity contribution in [2.24, 2.45) is 16.7 Å². The summed E-state index contributed by atoms with van der Waals surface area (Å²) in [5.74, 6) is 1.59. The molecule has 0 radical (unpaired) electrons. The van der Waals surface area contributed by atoms with Crippen molar-refractivity contribution in [1.29, 1.82) is 0 Å². The Kier molecular flexibility index (Phi) is 4.75. The lowest BCUT2D eigenvalue weighted by Crippen LogP contribution is -2.26. The van der Waals surface area contributed by atoms with Gasteiger partial charge in [0.1, 0.15) is 5.75 Å². The van der Waals surface area contributed by atoms with Gasteiger partial charge in [0.15, 0.2) is 0 Å². The summed E-state index contributed by atoms with van der Waals surface area (Å²) in [4.78, 5) is 0. The number of hydrogen-bond acceptors (Lipinski definition) is 2. The Hall–Kier alpha value is -0.540. The Balaban J connectivity index is 2.40. The largest absolute Gasteiger partial charge is 0.496 e. The van der Waals surface area contributed by atoms with Crippen molar-refractivity contribution in [2.75, 3.05) is 13.7 Å². The van der Waals surface area contributed by atoms with Crippen LogP contribution in [0.3, 0.4) is 0 Å². The number of rotatable bonds is 6. The Morgan fingerprint density at radius 2 is 1.86 bits per heavy atom. The Labute approximate surface area is 137 Å². The average Bonchev–Trinajstić information content (AvgIpc) is 2.82. The van der Waals surface area contributed by atoms with Crippen LogP contribution in [0, 0.1) is 16.7 Å². The lowest BCUT2D eigenvalue weighted by Gasteiger charge is -2.24. The maximum atomic E-state index is 5.61. The van der Waals surface area contributed by atoms with Crippen LogP contribution in [0.4, 0.5) is 0 Å². The van der Waals surface area contributed by atoms with Crippen molar-refractivity contribution in [3.05, 3.63) is 28.2 Å². The molecule has 2 rings (SSSR count). The first-order valence-electron chi connectivity index (χ1n) is 7.84. The van der Waals surface area contributed by atoms with Gasteiger partial charge >= 0.3 is 0 Å². The van der Waals surface area contributed by atoms with E-state index in [4.69, 9.17) is 4.74 Å². The number of halogens is 1. The molecule has 1 unspecified atom stereocenters. The number of methoxy groups -OCH3 is 1. The van der Waals surface area contributed by atoms with Gasteiger partial charge in [0.05, 0.1) is 7.11 Å². The molecule has 1 saturated carbocycles. The number of benzene rings is 1. The normalized spacial score (nSPS) is 21.1. The van der Waals surface area contributed by atoms with Crippen LogP contribution in [0.2, 0.25) is 0 Å². The van der Waals surface area contributed by atoms with Gasteiger partial charge in [0.25, 0.3) is 0 Å². The fourth-order valence-electron chi connectivity index (χ4n) is 3.74. The van der Waals surface area contributed by atoms with E-state index in [1.807, 2.05) is 6.07 Å². The zero-order valence-electron chi connectivity index (χ0n) is 14.1. The molecule has 0 amide bonds. The molecule has 0 bridgehead atoms. The van der Waals surface area contributed by atoms with Crippen molar-refractivity contribution in [2.45, 2.75) is 47.1 Å². The molecule has 3 heteroatoms. The molecule has 21 heavy (non-hydrogen) atoms. The van der Waals surface area contributed by atoms with E-state index in [1.165, 1.54) is 5.56 Å². The summed E-state index contributed by atoms with van der Waals surface area (Å²) >= 11 is 3.61. The Bertz CT molecular complexity index is 496. The first-order valence-corrected chi connectivity index (χ1v) is 8.63. The third-order valence-corrected chi connectivity index (χ3v) is 6.10. The zero-order valence-corrected chi connectivity index (χ0v) is 15.7. The number of hydrogen-bond donors (Lipinski definition) is 1. The summed E-state index contributed by atoms with van der Waals surface area (Å²) in [7, 11) is 1.76. The van der Waals surface area contributed by atoms with Crippen molar-refractivity contribution in [3.63, 3.8) is 0 Å². The highest BCUT2D eigenvalue weighted by Gasteiger charge is 2.67. The van der Waals surface area contributed by atoms with Gasteiger partial charge in [-0.05, 0) is 47.9 Å². The van der Waals surface area contributed by atoms with E-state index in [2.05, 4.69) is 68.0 Å². The molecule has 1 N–H and O–H groups in total. The summed E-state index contributed by atoms with van der Waals surface area (Å²) in [6, 6.07) is 6.64. The monoisotopic (exact) mass is 353 g/mol. The van der Waals surface area contributed by atoms with Crippen LogP contribution in [0.5, 0.6) is 5.75 Å². The molecule has 0 saturated heterocycles. The van der Waals surface area contributed by atoms with Crippen molar-refractivity contribution < 1.29 is 4.74 Å². The topological polar surface area (TPSA) is 21.3 Å². The summed E-state index contributed by atoms with van der Waals surface area (Å²) in [5, 5.41) is 3.76. The first kappa shape index (κ1) is 16.8. The predicted octanol–water partition coefficient (Wildman–Crippen LogP) is 5.18. The maximum Gasteiger partial charge on any atom is 0.123 e. The second kappa shape index (κ2) is 5.92. The van der Waals surface area contributed by atoms with Crippen LogP contribution in [0.25, 0.3) is 0 Å². The lowest BCUT2D eigenvalue weighted by molar-refractivity contribution is 0.370. The van der Waals surface area contributed by atoms with Crippen LogP contribution in [-0.4, -0.2) is 13.7 Å². The van der Waals surface area contributed by atoms with Crippen molar-refractivity contribution >= 4 is 15.9 Å². The Morgan fingerprint density at radius 1 is 1.24 bits per heavy atom. The van der Waals surface area contributed by atoms with E-state index in [1.54, 1.807) is 7.11 Å². The fourth-order valence-corrected chi connectivity index (χ4v) is 4.12. The van der Waals surface area contributed by atoms with Crippen LogP contribution in [0.15, 0.2) is 22.7 Å². The van der Waals surface area contributed by atoms with Gasteiger partial charge in [-0.1, -0.05) is 50.5 Å². The highest BCUT2D eigenvalue weighted by Crippen LogP contribution is 2.72. The van der Waals surface area contributed by atoms with Gasteiger partial charge in [-0.3, -0.25) is 0 Å². The maximum absolute atomic E-state index is 5.61. The average molecular weight is 354 g/mol. The highest BCUT2D eigenvalue weighted by molar-refractivity contribution is 9.10. The van der Waals surface area contributed by atoms with Crippen LogP contribution < -0.4 is 10.1 Å². The minimum absolute atomic E-state index is 0.336. The number of nitrogens with one attached hydrogen (secondary N) is 1. The molecule has 1 aromatic rings. The first-order chi connectivity index (χ1) is 9.77. The molecule has 0 aromatic heterocycles. The fraction of sp³-hybridized carbons (Fsp3) is 0.667. The van der Waals surface area contributed by atoms with Gasteiger partial charge in [-0.2, -0.15) is 0 Å². The minimum Gasteiger partial charge on any atom is -0.496 e. The Morgan fingerprint density at radius 3 is 2.33 bits per heavy atom. The summed E-state index contributed by atoms with van der Waals surface area (Å²) in [6.07, 6.45) is 1.14. The van der Waals surface area contributed by atoms with E-state index < -0.39 is 0 Å². The summed E-state index contributed by atoms with van der Waals surface area (Å²) in [6.45, 7) is 12.8. The molecule has 1 aromatic carbocycles. The van der Waals surface area contributed by atoms with Gasteiger partial charge < -0.3 is 10.1 Å². The summed E-state index contributed by atoms with van der Waals surface area (Å²) in [5.41, 5.74) is 1.95. The molecular formula is C18H28BrNO. The number of ether oxygens (including phenoxy) is 1. The molecule has 1 fully saturated rings. The minimum atomic E-state index is 0.336. The summed E-state index contributed by atoms with van der Waals surface area (Å²) < 4.78 is 6.72. The zero-order chi connectivity index (χ0) is 15.8. The van der Waals surface area contributed by atoms with Crippen molar-refractivity contribution in [1.82, 2.24) is 5.32 Å². The van der Waals surface area contributed by atoms with Crippen LogP contribution in [-0.2, 0) is 0 Å². The SMILES string of the molecule is CCCNC(c1cc(Br)ccc1OC)C1C(C)(C)C1(C)C. The van der Waals surface area contributed by atoms with Crippen molar-refractivity contribution in [3.8, 4) is 5.75 Å².